The van der Waals surface area contributed by atoms with Gasteiger partial charge in [0.15, 0.2) is 0 Å². The van der Waals surface area contributed by atoms with Gasteiger partial charge in [-0.15, -0.1) is 0 Å². The van der Waals surface area contributed by atoms with E-state index in [9.17, 15) is 4.79 Å². The van der Waals surface area contributed by atoms with E-state index in [-0.39, 0.29) is 6.03 Å². The highest BCUT2D eigenvalue weighted by Gasteiger charge is 2.21. The molecule has 0 aromatic rings. The predicted octanol–water partition coefficient (Wildman–Crippen LogP) is 2.03. The first kappa shape index (κ1) is 9.81. The molecule has 0 aromatic heterocycles. The Labute approximate surface area is 85.6 Å². The summed E-state index contributed by atoms with van der Waals surface area (Å²) in [4.78, 5) is 11.3. The summed E-state index contributed by atoms with van der Waals surface area (Å²) >= 11 is 0. The van der Waals surface area contributed by atoms with E-state index in [0.29, 0.717) is 6.04 Å². The van der Waals surface area contributed by atoms with Gasteiger partial charge < -0.3 is 10.6 Å². The Morgan fingerprint density at radius 3 is 2.57 bits per heavy atom. The van der Waals surface area contributed by atoms with Gasteiger partial charge in [0.25, 0.3) is 0 Å². The third-order valence-corrected chi connectivity index (χ3v) is 3.21. The van der Waals surface area contributed by atoms with Gasteiger partial charge in [-0.25, -0.2) is 4.79 Å². The van der Waals surface area contributed by atoms with Gasteiger partial charge in [0.1, 0.15) is 0 Å². The van der Waals surface area contributed by atoms with E-state index in [1.165, 1.54) is 25.7 Å². The fourth-order valence-electron chi connectivity index (χ4n) is 1.79. The maximum Gasteiger partial charge on any atom is 0.315 e. The molecule has 0 aromatic carbocycles. The minimum atomic E-state index is 0.0329. The summed E-state index contributed by atoms with van der Waals surface area (Å²) < 4.78 is 0. The highest BCUT2D eigenvalue weighted by atomic mass is 16.2. The first-order valence-electron chi connectivity index (χ1n) is 5.89. The zero-order valence-corrected chi connectivity index (χ0v) is 8.72. The molecule has 0 radical (unpaired) electrons. The lowest BCUT2D eigenvalue weighted by atomic mass is 9.93. The van der Waals surface area contributed by atoms with Crippen LogP contribution in [0.4, 0.5) is 4.79 Å². The molecule has 2 aliphatic rings. The average Bonchev–Trinajstić information content (AvgIpc) is 2.89. The van der Waals surface area contributed by atoms with Crippen molar-refractivity contribution in [1.29, 1.82) is 0 Å². The molecule has 0 spiro atoms. The molecule has 2 rings (SSSR count). The molecule has 2 N–H and O–H groups in total. The largest absolute Gasteiger partial charge is 0.338 e. The van der Waals surface area contributed by atoms with E-state index in [1.54, 1.807) is 0 Å². The van der Waals surface area contributed by atoms with Crippen LogP contribution in [0.1, 0.15) is 44.9 Å². The van der Waals surface area contributed by atoms with Crippen LogP contribution in [0.5, 0.6) is 0 Å². The van der Waals surface area contributed by atoms with Crippen LogP contribution in [0.25, 0.3) is 0 Å². The van der Waals surface area contributed by atoms with Crippen molar-refractivity contribution in [3.8, 4) is 0 Å². The fraction of sp³-hybridized carbons (Fsp3) is 0.909. The van der Waals surface area contributed by atoms with Crippen molar-refractivity contribution in [2.24, 2.45) is 5.92 Å². The number of hydrogen-bond donors (Lipinski definition) is 2. The van der Waals surface area contributed by atoms with Gasteiger partial charge in [-0.05, 0) is 38.0 Å². The summed E-state index contributed by atoms with van der Waals surface area (Å²) in [6.07, 6.45) is 8.85. The van der Waals surface area contributed by atoms with Crippen LogP contribution in [0.15, 0.2) is 0 Å². The molecule has 3 nitrogen and oxygen atoms in total. The van der Waals surface area contributed by atoms with E-state index in [0.717, 1.165) is 31.7 Å². The van der Waals surface area contributed by atoms with Crippen LogP contribution in [-0.2, 0) is 0 Å². The lowest BCUT2D eigenvalue weighted by Gasteiger charge is -2.26. The second kappa shape index (κ2) is 4.67. The van der Waals surface area contributed by atoms with Gasteiger partial charge in [-0.2, -0.15) is 0 Å². The fourth-order valence-corrected chi connectivity index (χ4v) is 1.79. The highest BCUT2D eigenvalue weighted by Crippen LogP contribution is 2.33. The Bertz CT molecular complexity index is 197. The number of hydrogen-bond acceptors (Lipinski definition) is 1. The molecule has 80 valence electrons. The molecule has 2 saturated carbocycles. The van der Waals surface area contributed by atoms with Crippen molar-refractivity contribution in [2.45, 2.75) is 51.0 Å². The number of nitrogens with one attached hydrogen (secondary N) is 2. The van der Waals surface area contributed by atoms with Crippen LogP contribution in [-0.4, -0.2) is 18.6 Å². The maximum atomic E-state index is 11.3. The van der Waals surface area contributed by atoms with Crippen molar-refractivity contribution >= 4 is 6.03 Å². The SMILES string of the molecule is O=C(NCCCC1CC1)NC1CCC1. The molecule has 2 fully saturated rings. The molecule has 2 amide bonds. The highest BCUT2D eigenvalue weighted by molar-refractivity contribution is 5.74. The average molecular weight is 196 g/mol. The summed E-state index contributed by atoms with van der Waals surface area (Å²) in [5, 5.41) is 5.88. The van der Waals surface area contributed by atoms with Gasteiger partial charge in [-0.1, -0.05) is 12.8 Å². The maximum absolute atomic E-state index is 11.3. The van der Waals surface area contributed by atoms with Crippen molar-refractivity contribution in [1.82, 2.24) is 10.6 Å². The zero-order valence-electron chi connectivity index (χ0n) is 8.72. The van der Waals surface area contributed by atoms with Crippen LogP contribution in [0, 0.1) is 5.92 Å². The third kappa shape index (κ3) is 3.20. The molecule has 14 heavy (non-hydrogen) atoms. The Morgan fingerprint density at radius 1 is 1.21 bits per heavy atom. The lowest BCUT2D eigenvalue weighted by Crippen LogP contribution is -2.45. The van der Waals surface area contributed by atoms with Gasteiger partial charge in [-0.3, -0.25) is 0 Å². The Kier molecular flexibility index (Phi) is 3.27. The molecular weight excluding hydrogens is 176 g/mol. The summed E-state index contributed by atoms with van der Waals surface area (Å²) in [6.45, 7) is 0.842. The lowest BCUT2D eigenvalue weighted by molar-refractivity contribution is 0.228. The molecule has 0 saturated heterocycles. The molecule has 2 aliphatic carbocycles. The number of rotatable bonds is 5. The second-order valence-corrected chi connectivity index (χ2v) is 4.61. The van der Waals surface area contributed by atoms with Crippen LogP contribution in [0.2, 0.25) is 0 Å². The number of urea groups is 1. The summed E-state index contributed by atoms with van der Waals surface area (Å²) in [6, 6.07) is 0.490. The number of carbonyl (C=O) groups excluding carboxylic acids is 1. The molecule has 0 unspecified atom stereocenters. The molecule has 0 heterocycles. The third-order valence-electron chi connectivity index (χ3n) is 3.21. The molecule has 3 heteroatoms. The van der Waals surface area contributed by atoms with Gasteiger partial charge in [0.2, 0.25) is 0 Å². The standard InChI is InChI=1S/C11H20N2O/c14-11(13-10-4-1-5-10)12-8-2-3-9-6-7-9/h9-10H,1-8H2,(H2,12,13,14). The quantitative estimate of drug-likeness (QED) is 0.649. The van der Waals surface area contributed by atoms with Crippen LogP contribution < -0.4 is 10.6 Å². The Morgan fingerprint density at radius 2 is 2.00 bits per heavy atom. The van der Waals surface area contributed by atoms with E-state index < -0.39 is 0 Å². The number of amides is 2. The molecular formula is C11H20N2O. The summed E-state index contributed by atoms with van der Waals surface area (Å²) in [7, 11) is 0. The first-order chi connectivity index (χ1) is 6.84. The summed E-state index contributed by atoms with van der Waals surface area (Å²) in [5.74, 6) is 0.978. The smallest absolute Gasteiger partial charge is 0.315 e. The zero-order chi connectivity index (χ0) is 9.80. The monoisotopic (exact) mass is 196 g/mol. The predicted molar refractivity (Wildman–Crippen MR) is 56.1 cm³/mol. The van der Waals surface area contributed by atoms with Gasteiger partial charge in [0, 0.05) is 12.6 Å². The summed E-state index contributed by atoms with van der Waals surface area (Å²) in [5.41, 5.74) is 0. The van der Waals surface area contributed by atoms with Crippen molar-refractivity contribution in [2.75, 3.05) is 6.54 Å². The van der Waals surface area contributed by atoms with Gasteiger partial charge in [0.05, 0.1) is 0 Å². The molecule has 0 aliphatic heterocycles. The first-order valence-corrected chi connectivity index (χ1v) is 5.89. The second-order valence-electron chi connectivity index (χ2n) is 4.61. The van der Waals surface area contributed by atoms with Crippen molar-refractivity contribution < 1.29 is 4.79 Å². The topological polar surface area (TPSA) is 41.1 Å². The van der Waals surface area contributed by atoms with Crippen LogP contribution in [0.3, 0.4) is 0 Å². The van der Waals surface area contributed by atoms with E-state index in [4.69, 9.17) is 0 Å². The Balaban J connectivity index is 1.44. The van der Waals surface area contributed by atoms with E-state index >= 15 is 0 Å². The van der Waals surface area contributed by atoms with E-state index in [2.05, 4.69) is 10.6 Å². The van der Waals surface area contributed by atoms with Crippen molar-refractivity contribution in [3.05, 3.63) is 0 Å². The van der Waals surface area contributed by atoms with Crippen LogP contribution >= 0.6 is 0 Å². The number of carbonyl (C=O) groups is 1. The minimum absolute atomic E-state index is 0.0329. The molecule has 0 bridgehead atoms. The van der Waals surface area contributed by atoms with E-state index in [1.807, 2.05) is 0 Å². The normalized spacial score (nSPS) is 21.4. The minimum Gasteiger partial charge on any atom is -0.338 e. The molecule has 0 atom stereocenters. The Hall–Kier alpha value is -0.730. The van der Waals surface area contributed by atoms with Crippen molar-refractivity contribution in [3.63, 3.8) is 0 Å². The van der Waals surface area contributed by atoms with Gasteiger partial charge >= 0.3 is 6.03 Å².